The lowest BCUT2D eigenvalue weighted by atomic mass is 10.1. The van der Waals surface area contributed by atoms with Crippen LogP contribution < -0.4 is 0 Å². The van der Waals surface area contributed by atoms with Crippen molar-refractivity contribution in [1.82, 2.24) is 9.55 Å². The molecule has 0 fully saturated rings. The number of rotatable bonds is 5. The van der Waals surface area contributed by atoms with Crippen molar-refractivity contribution in [2.24, 2.45) is 0 Å². The van der Waals surface area contributed by atoms with E-state index in [1.165, 1.54) is 0 Å². The van der Waals surface area contributed by atoms with Gasteiger partial charge < -0.3 is 9.30 Å². The van der Waals surface area contributed by atoms with E-state index in [-0.39, 0.29) is 12.1 Å². The molecule has 0 aliphatic heterocycles. The van der Waals surface area contributed by atoms with E-state index in [0.29, 0.717) is 18.5 Å². The summed E-state index contributed by atoms with van der Waals surface area (Å²) in [6.07, 6.45) is 5.51. The second-order valence-electron chi connectivity index (χ2n) is 4.44. The molecule has 0 aliphatic carbocycles. The van der Waals surface area contributed by atoms with Crippen molar-refractivity contribution in [2.75, 3.05) is 0 Å². The van der Waals surface area contributed by atoms with Gasteiger partial charge in [-0.15, -0.1) is 0 Å². The summed E-state index contributed by atoms with van der Waals surface area (Å²) in [5.74, 6) is -0.311. The van der Waals surface area contributed by atoms with Gasteiger partial charge in [-0.1, -0.05) is 17.7 Å². The average Bonchev–Trinajstić information content (AvgIpc) is 2.91. The van der Waals surface area contributed by atoms with E-state index in [9.17, 15) is 4.79 Å². The zero-order valence-corrected chi connectivity index (χ0v) is 11.0. The SMILES string of the molecule is [CH2]CC(Cn1ccnc1)OC(=O)c1ccc(C)cc1. The van der Waals surface area contributed by atoms with Crippen LogP contribution >= 0.6 is 0 Å². The molecule has 1 aromatic heterocycles. The van der Waals surface area contributed by atoms with Crippen LogP contribution in [0.15, 0.2) is 43.0 Å². The third-order valence-electron chi connectivity index (χ3n) is 2.86. The molecule has 1 unspecified atom stereocenters. The quantitative estimate of drug-likeness (QED) is 0.773. The molecule has 0 saturated heterocycles. The Kier molecular flexibility index (Phi) is 4.34. The molecule has 4 nitrogen and oxygen atoms in total. The van der Waals surface area contributed by atoms with E-state index in [1.54, 1.807) is 24.7 Å². The summed E-state index contributed by atoms with van der Waals surface area (Å²) < 4.78 is 7.32. The molecule has 1 aromatic carbocycles. The Hall–Kier alpha value is -2.10. The van der Waals surface area contributed by atoms with Crippen LogP contribution in [0.4, 0.5) is 0 Å². The Morgan fingerprint density at radius 1 is 1.42 bits per heavy atom. The number of benzene rings is 1. The molecule has 0 N–H and O–H groups in total. The van der Waals surface area contributed by atoms with Crippen LogP contribution in [0.2, 0.25) is 0 Å². The summed E-state index contributed by atoms with van der Waals surface area (Å²) in [6, 6.07) is 7.33. The summed E-state index contributed by atoms with van der Waals surface area (Å²) in [4.78, 5) is 15.9. The normalized spacial score (nSPS) is 12.1. The van der Waals surface area contributed by atoms with Crippen molar-refractivity contribution in [3.8, 4) is 0 Å². The second kappa shape index (κ2) is 6.18. The van der Waals surface area contributed by atoms with Crippen LogP contribution in [0.3, 0.4) is 0 Å². The number of hydrogen-bond acceptors (Lipinski definition) is 3. The number of ether oxygens (including phenoxy) is 1. The number of hydrogen-bond donors (Lipinski definition) is 0. The van der Waals surface area contributed by atoms with Crippen molar-refractivity contribution in [2.45, 2.75) is 26.0 Å². The Morgan fingerprint density at radius 3 is 2.74 bits per heavy atom. The molecule has 19 heavy (non-hydrogen) atoms. The van der Waals surface area contributed by atoms with Crippen LogP contribution in [0.25, 0.3) is 0 Å². The summed E-state index contributed by atoms with van der Waals surface area (Å²) >= 11 is 0. The average molecular weight is 257 g/mol. The van der Waals surface area contributed by atoms with Crippen molar-refractivity contribution in [1.29, 1.82) is 0 Å². The highest BCUT2D eigenvalue weighted by atomic mass is 16.5. The molecule has 4 heteroatoms. The van der Waals surface area contributed by atoms with Gasteiger partial charge >= 0.3 is 5.97 Å². The third-order valence-corrected chi connectivity index (χ3v) is 2.86. The van der Waals surface area contributed by atoms with Crippen LogP contribution in [0.1, 0.15) is 22.3 Å². The fourth-order valence-corrected chi connectivity index (χ4v) is 1.73. The van der Waals surface area contributed by atoms with Gasteiger partial charge in [0, 0.05) is 12.4 Å². The smallest absolute Gasteiger partial charge is 0.338 e. The highest BCUT2D eigenvalue weighted by Gasteiger charge is 2.14. The Balaban J connectivity index is 1.98. The van der Waals surface area contributed by atoms with E-state index in [1.807, 2.05) is 29.8 Å². The van der Waals surface area contributed by atoms with E-state index in [0.717, 1.165) is 5.56 Å². The predicted octanol–water partition coefficient (Wildman–Crippen LogP) is 2.64. The topological polar surface area (TPSA) is 44.1 Å². The lowest BCUT2D eigenvalue weighted by Crippen LogP contribution is -2.22. The van der Waals surface area contributed by atoms with Crippen molar-refractivity contribution >= 4 is 5.97 Å². The number of imidazole rings is 1. The van der Waals surface area contributed by atoms with Crippen LogP contribution in [0, 0.1) is 13.8 Å². The molecular weight excluding hydrogens is 240 g/mol. The van der Waals surface area contributed by atoms with Crippen LogP contribution in [-0.4, -0.2) is 21.6 Å². The van der Waals surface area contributed by atoms with E-state index >= 15 is 0 Å². The Bertz CT molecular complexity index is 518. The van der Waals surface area contributed by atoms with Gasteiger partial charge in [-0.2, -0.15) is 0 Å². The maximum absolute atomic E-state index is 12.0. The lowest BCUT2D eigenvalue weighted by Gasteiger charge is -2.16. The first-order valence-electron chi connectivity index (χ1n) is 6.21. The number of carbonyl (C=O) groups excluding carboxylic acids is 1. The molecule has 0 aliphatic rings. The summed E-state index contributed by atoms with van der Waals surface area (Å²) in [7, 11) is 0. The Labute approximate surface area is 113 Å². The van der Waals surface area contributed by atoms with Gasteiger partial charge in [0.15, 0.2) is 0 Å². The van der Waals surface area contributed by atoms with Gasteiger partial charge in [-0.3, -0.25) is 0 Å². The van der Waals surface area contributed by atoms with Crippen molar-refractivity contribution in [3.05, 3.63) is 61.0 Å². The van der Waals surface area contributed by atoms with Gasteiger partial charge in [-0.25, -0.2) is 9.78 Å². The molecule has 0 amide bonds. The van der Waals surface area contributed by atoms with Gasteiger partial charge in [-0.05, 0) is 32.4 Å². The third kappa shape index (κ3) is 3.68. The maximum Gasteiger partial charge on any atom is 0.338 e. The summed E-state index contributed by atoms with van der Waals surface area (Å²) in [6.45, 7) is 6.37. The molecule has 99 valence electrons. The molecule has 1 heterocycles. The van der Waals surface area contributed by atoms with Crippen LogP contribution in [-0.2, 0) is 11.3 Å². The first-order valence-corrected chi connectivity index (χ1v) is 6.21. The first-order chi connectivity index (χ1) is 9.19. The number of aromatic nitrogens is 2. The molecule has 2 rings (SSSR count). The molecule has 0 saturated carbocycles. The van der Waals surface area contributed by atoms with Gasteiger partial charge in [0.1, 0.15) is 6.10 Å². The van der Waals surface area contributed by atoms with E-state index in [2.05, 4.69) is 11.9 Å². The van der Waals surface area contributed by atoms with Gasteiger partial charge in [0.2, 0.25) is 0 Å². The van der Waals surface area contributed by atoms with E-state index in [4.69, 9.17) is 4.74 Å². The lowest BCUT2D eigenvalue weighted by molar-refractivity contribution is 0.0267. The molecular formula is C15H17N2O2. The minimum Gasteiger partial charge on any atom is -0.457 e. The van der Waals surface area contributed by atoms with Crippen molar-refractivity contribution in [3.63, 3.8) is 0 Å². The Morgan fingerprint density at radius 2 is 2.16 bits per heavy atom. The largest absolute Gasteiger partial charge is 0.457 e. The second-order valence-corrected chi connectivity index (χ2v) is 4.44. The van der Waals surface area contributed by atoms with Crippen molar-refractivity contribution < 1.29 is 9.53 Å². The molecule has 1 atom stereocenters. The van der Waals surface area contributed by atoms with Gasteiger partial charge in [0.25, 0.3) is 0 Å². The first kappa shape index (κ1) is 13.3. The zero-order valence-electron chi connectivity index (χ0n) is 11.0. The highest BCUT2D eigenvalue weighted by molar-refractivity contribution is 5.89. The number of aryl methyl sites for hydroxylation is 1. The monoisotopic (exact) mass is 257 g/mol. The summed E-state index contributed by atoms with van der Waals surface area (Å²) in [5.41, 5.74) is 1.68. The minimum absolute atomic E-state index is 0.247. The number of nitrogens with zero attached hydrogens (tertiary/aromatic N) is 2. The molecule has 0 bridgehead atoms. The number of esters is 1. The maximum atomic E-state index is 12.0. The fraction of sp³-hybridized carbons (Fsp3) is 0.267. The van der Waals surface area contributed by atoms with Gasteiger partial charge in [0.05, 0.1) is 18.4 Å². The standard InChI is InChI=1S/C15H17N2O2/c1-3-14(10-17-9-8-16-11-17)19-15(18)13-6-4-12(2)5-7-13/h4-9,11,14H,1,3,10H2,2H3. The zero-order chi connectivity index (χ0) is 13.7. The summed E-state index contributed by atoms with van der Waals surface area (Å²) in [5, 5.41) is 0. The molecule has 2 aromatic rings. The van der Waals surface area contributed by atoms with E-state index < -0.39 is 0 Å². The fourth-order valence-electron chi connectivity index (χ4n) is 1.73. The minimum atomic E-state index is -0.311. The predicted molar refractivity (Wildman–Crippen MR) is 72.6 cm³/mol. The molecule has 0 spiro atoms. The van der Waals surface area contributed by atoms with Crippen LogP contribution in [0.5, 0.6) is 0 Å². The molecule has 1 radical (unpaired) electrons. The number of carbonyl (C=O) groups is 1. The highest BCUT2D eigenvalue weighted by Crippen LogP contribution is 2.09.